The first-order valence-electron chi connectivity index (χ1n) is 6.99. The van der Waals surface area contributed by atoms with Gasteiger partial charge in [-0.2, -0.15) is 0 Å². The number of carbonyl (C=O) groups is 2. The van der Waals surface area contributed by atoms with Gasteiger partial charge in [-0.05, 0) is 12.1 Å². The summed E-state index contributed by atoms with van der Waals surface area (Å²) in [6, 6.07) is 7.12. The number of rotatable bonds is 3. The number of carbonyl (C=O) groups excluding carboxylic acids is 2. The Bertz CT molecular complexity index is 638. The maximum atomic E-state index is 12.0. The molecule has 1 aromatic rings. The zero-order chi connectivity index (χ0) is 16.1. The quantitative estimate of drug-likeness (QED) is 0.782. The second kappa shape index (κ2) is 7.60. The highest BCUT2D eigenvalue weighted by Crippen LogP contribution is 2.30. The molecule has 0 radical (unpaired) electrons. The van der Waals surface area contributed by atoms with E-state index in [1.54, 1.807) is 30.0 Å². The van der Waals surface area contributed by atoms with Crippen LogP contribution in [0.3, 0.4) is 0 Å². The predicted molar refractivity (Wildman–Crippen MR) is 89.9 cm³/mol. The number of hydrogen-bond acceptors (Lipinski definition) is 7. The van der Waals surface area contributed by atoms with Crippen LogP contribution in [-0.2, 0) is 9.59 Å². The number of ether oxygens (including phenoxy) is 2. The van der Waals surface area contributed by atoms with E-state index in [4.69, 9.17) is 9.47 Å². The van der Waals surface area contributed by atoms with Crippen LogP contribution in [-0.4, -0.2) is 47.0 Å². The van der Waals surface area contributed by atoms with Crippen LogP contribution in [0.4, 0.5) is 0 Å². The normalized spacial score (nSPS) is 19.0. The molecular weight excluding hydrogens is 338 g/mol. The van der Waals surface area contributed by atoms with Crippen LogP contribution in [0.5, 0.6) is 11.5 Å². The minimum absolute atomic E-state index is 0.0981. The molecule has 3 rings (SSSR count). The molecule has 0 spiro atoms. The zero-order valence-electron chi connectivity index (χ0n) is 12.1. The van der Waals surface area contributed by atoms with E-state index in [0.717, 1.165) is 16.7 Å². The topological polar surface area (TPSA) is 89.0 Å². The van der Waals surface area contributed by atoms with Crippen LogP contribution in [0.1, 0.15) is 0 Å². The molecule has 2 heterocycles. The van der Waals surface area contributed by atoms with E-state index >= 15 is 0 Å². The SMILES string of the molecule is O=C(CSC1=NCCS1)NNC(=O)[C@H]1COc2ccccc2O1. The standard InChI is InChI=1S/C14H15N3O4S2/c18-12(8-23-14-15-5-6-22-14)16-17-13(19)11-7-20-9-3-1-2-4-10(9)21-11/h1-4,11H,5-8H2,(H,16,18)(H,17,19)/t11-/m1/s1. The van der Waals surface area contributed by atoms with Gasteiger partial charge in [0.05, 0.1) is 12.3 Å². The highest BCUT2D eigenvalue weighted by Gasteiger charge is 2.27. The monoisotopic (exact) mass is 353 g/mol. The van der Waals surface area contributed by atoms with E-state index in [0.29, 0.717) is 11.5 Å². The molecule has 2 aliphatic heterocycles. The summed E-state index contributed by atoms with van der Waals surface area (Å²) in [5.41, 5.74) is 4.72. The maximum Gasteiger partial charge on any atom is 0.283 e. The van der Waals surface area contributed by atoms with Crippen LogP contribution >= 0.6 is 23.5 Å². The summed E-state index contributed by atoms with van der Waals surface area (Å²) in [6.45, 7) is 0.896. The molecule has 2 amide bonds. The Morgan fingerprint density at radius 1 is 1.30 bits per heavy atom. The lowest BCUT2D eigenvalue weighted by molar-refractivity contribution is -0.134. The molecule has 2 N–H and O–H groups in total. The van der Waals surface area contributed by atoms with Gasteiger partial charge in [0.25, 0.3) is 5.91 Å². The van der Waals surface area contributed by atoms with E-state index in [2.05, 4.69) is 15.8 Å². The molecule has 0 fully saturated rings. The van der Waals surface area contributed by atoms with Gasteiger partial charge in [0.2, 0.25) is 12.0 Å². The van der Waals surface area contributed by atoms with Gasteiger partial charge in [0.15, 0.2) is 11.5 Å². The van der Waals surface area contributed by atoms with Gasteiger partial charge in [0, 0.05) is 5.75 Å². The van der Waals surface area contributed by atoms with Gasteiger partial charge in [-0.3, -0.25) is 25.4 Å². The van der Waals surface area contributed by atoms with E-state index in [1.165, 1.54) is 11.8 Å². The van der Waals surface area contributed by atoms with E-state index in [9.17, 15) is 9.59 Å². The summed E-state index contributed by atoms with van der Waals surface area (Å²) in [6.07, 6.45) is -0.799. The lowest BCUT2D eigenvalue weighted by atomic mass is 10.2. The highest BCUT2D eigenvalue weighted by molar-refractivity contribution is 8.39. The van der Waals surface area contributed by atoms with Crippen molar-refractivity contribution in [2.75, 3.05) is 24.7 Å². The number of benzene rings is 1. The third kappa shape index (κ3) is 4.32. The van der Waals surface area contributed by atoms with Crippen molar-refractivity contribution in [2.45, 2.75) is 6.10 Å². The Kier molecular flexibility index (Phi) is 5.29. The van der Waals surface area contributed by atoms with Crippen LogP contribution in [0.25, 0.3) is 0 Å². The molecule has 122 valence electrons. The first-order valence-corrected chi connectivity index (χ1v) is 8.97. The summed E-state index contributed by atoms with van der Waals surface area (Å²) in [5.74, 6) is 1.53. The number of thioether (sulfide) groups is 2. The zero-order valence-corrected chi connectivity index (χ0v) is 13.7. The Morgan fingerprint density at radius 3 is 2.91 bits per heavy atom. The van der Waals surface area contributed by atoms with Crippen LogP contribution in [0.15, 0.2) is 29.3 Å². The summed E-state index contributed by atoms with van der Waals surface area (Å²) in [4.78, 5) is 27.9. The molecule has 0 saturated carbocycles. The molecule has 2 aliphatic rings. The van der Waals surface area contributed by atoms with Gasteiger partial charge in [-0.25, -0.2) is 0 Å². The lowest BCUT2D eigenvalue weighted by Gasteiger charge is -2.25. The first kappa shape index (κ1) is 16.0. The predicted octanol–water partition coefficient (Wildman–Crippen LogP) is 0.810. The molecule has 0 unspecified atom stereocenters. The number of hydrogen-bond donors (Lipinski definition) is 2. The molecule has 23 heavy (non-hydrogen) atoms. The summed E-state index contributed by atoms with van der Waals surface area (Å²) in [7, 11) is 0. The fourth-order valence-electron chi connectivity index (χ4n) is 1.93. The minimum atomic E-state index is -0.799. The van der Waals surface area contributed by atoms with Crippen LogP contribution in [0, 0.1) is 0 Å². The minimum Gasteiger partial charge on any atom is -0.485 e. The van der Waals surface area contributed by atoms with Crippen molar-refractivity contribution in [1.82, 2.24) is 10.9 Å². The number of aliphatic imine (C=N–C) groups is 1. The molecule has 1 atom stereocenters. The molecule has 0 aromatic heterocycles. The number of fused-ring (bicyclic) bond motifs is 1. The number of nitrogens with zero attached hydrogens (tertiary/aromatic N) is 1. The Labute approximate surface area is 141 Å². The second-order valence-electron chi connectivity index (χ2n) is 4.69. The van der Waals surface area contributed by atoms with Crippen molar-refractivity contribution < 1.29 is 19.1 Å². The van der Waals surface area contributed by atoms with Crippen molar-refractivity contribution in [3.63, 3.8) is 0 Å². The number of nitrogens with one attached hydrogen (secondary N) is 2. The maximum absolute atomic E-state index is 12.0. The Morgan fingerprint density at radius 2 is 2.13 bits per heavy atom. The van der Waals surface area contributed by atoms with Gasteiger partial charge < -0.3 is 9.47 Å². The largest absolute Gasteiger partial charge is 0.485 e. The number of amides is 2. The van der Waals surface area contributed by atoms with Crippen molar-refractivity contribution in [3.8, 4) is 11.5 Å². The van der Waals surface area contributed by atoms with Crippen molar-refractivity contribution in [1.29, 1.82) is 0 Å². The average Bonchev–Trinajstić information content (AvgIpc) is 3.11. The molecular formula is C14H15N3O4S2. The van der Waals surface area contributed by atoms with E-state index < -0.39 is 12.0 Å². The first-order chi connectivity index (χ1) is 11.2. The Balaban J connectivity index is 1.42. The summed E-state index contributed by atoms with van der Waals surface area (Å²) in [5, 5.41) is 0. The highest BCUT2D eigenvalue weighted by atomic mass is 32.2. The molecule has 0 aliphatic carbocycles. The van der Waals surface area contributed by atoms with Gasteiger partial charge >= 0.3 is 0 Å². The van der Waals surface area contributed by atoms with Crippen molar-refractivity contribution in [2.24, 2.45) is 4.99 Å². The molecule has 0 saturated heterocycles. The third-order valence-electron chi connectivity index (χ3n) is 3.01. The van der Waals surface area contributed by atoms with E-state index in [-0.39, 0.29) is 18.3 Å². The summed E-state index contributed by atoms with van der Waals surface area (Å²) < 4.78 is 11.9. The van der Waals surface area contributed by atoms with Crippen molar-refractivity contribution >= 4 is 39.7 Å². The molecule has 0 bridgehead atoms. The van der Waals surface area contributed by atoms with E-state index in [1.807, 2.05) is 6.07 Å². The van der Waals surface area contributed by atoms with Gasteiger partial charge in [-0.1, -0.05) is 35.7 Å². The summed E-state index contributed by atoms with van der Waals surface area (Å²) >= 11 is 3.00. The van der Waals surface area contributed by atoms with Crippen molar-refractivity contribution in [3.05, 3.63) is 24.3 Å². The Hall–Kier alpha value is -1.87. The van der Waals surface area contributed by atoms with Crippen LogP contribution < -0.4 is 20.3 Å². The van der Waals surface area contributed by atoms with Crippen LogP contribution in [0.2, 0.25) is 0 Å². The molecule has 1 aromatic carbocycles. The number of hydrazine groups is 1. The number of para-hydroxylation sites is 2. The van der Waals surface area contributed by atoms with Gasteiger partial charge in [-0.15, -0.1) is 0 Å². The second-order valence-corrected chi connectivity index (χ2v) is 6.99. The smallest absolute Gasteiger partial charge is 0.283 e. The third-order valence-corrected chi connectivity index (χ3v) is 5.26. The molecule has 9 heteroatoms. The lowest BCUT2D eigenvalue weighted by Crippen LogP contribution is -2.51. The van der Waals surface area contributed by atoms with Gasteiger partial charge in [0.1, 0.15) is 11.0 Å². The average molecular weight is 353 g/mol. The fourth-order valence-corrected chi connectivity index (χ4v) is 3.74. The fraction of sp³-hybridized carbons (Fsp3) is 0.357. The molecule has 7 nitrogen and oxygen atoms in total.